The molecule has 1 saturated heterocycles. The fourth-order valence-corrected chi connectivity index (χ4v) is 5.13. The van der Waals surface area contributed by atoms with E-state index in [2.05, 4.69) is 10.2 Å². The molecule has 3 rings (SSSR count). The Hall–Kier alpha value is -2.09. The lowest BCUT2D eigenvalue weighted by Gasteiger charge is -2.29. The highest BCUT2D eigenvalue weighted by Gasteiger charge is 2.24. The zero-order valence-corrected chi connectivity index (χ0v) is 19.1. The molecule has 1 amide bonds. The fraction of sp³-hybridized carbons (Fsp3) is 0.409. The molecule has 0 bridgehead atoms. The van der Waals surface area contributed by atoms with E-state index in [-0.39, 0.29) is 22.4 Å². The van der Waals surface area contributed by atoms with Gasteiger partial charge in [0.15, 0.2) is 0 Å². The van der Waals surface area contributed by atoms with Crippen molar-refractivity contribution in [2.24, 2.45) is 0 Å². The van der Waals surface area contributed by atoms with E-state index in [4.69, 9.17) is 11.6 Å². The molecule has 2 aromatic carbocycles. The van der Waals surface area contributed by atoms with Crippen molar-refractivity contribution in [2.45, 2.75) is 44.0 Å². The van der Waals surface area contributed by atoms with Gasteiger partial charge in [0.05, 0.1) is 15.6 Å². The maximum Gasteiger partial charge on any atom is 0.255 e. The maximum absolute atomic E-state index is 12.7. The summed E-state index contributed by atoms with van der Waals surface area (Å²) in [4.78, 5) is 15.1. The third kappa shape index (κ3) is 4.96. The normalized spacial score (nSPS) is 14.9. The zero-order chi connectivity index (χ0) is 21.9. The van der Waals surface area contributed by atoms with Crippen molar-refractivity contribution < 1.29 is 13.2 Å². The van der Waals surface area contributed by atoms with Crippen molar-refractivity contribution in [3.05, 3.63) is 53.1 Å². The molecule has 8 heteroatoms. The molecule has 162 valence electrons. The predicted octanol–water partition coefficient (Wildman–Crippen LogP) is 4.61. The molecule has 0 unspecified atom stereocenters. The highest BCUT2D eigenvalue weighted by atomic mass is 35.5. The van der Waals surface area contributed by atoms with E-state index in [1.807, 2.05) is 12.1 Å². The van der Waals surface area contributed by atoms with Gasteiger partial charge in [0.2, 0.25) is 10.0 Å². The Labute approximate surface area is 183 Å². The lowest BCUT2D eigenvalue weighted by molar-refractivity contribution is 0.102. The first-order valence-electron chi connectivity index (χ1n) is 10.1. The van der Waals surface area contributed by atoms with Crippen LogP contribution in [0.25, 0.3) is 0 Å². The number of amides is 1. The lowest BCUT2D eigenvalue weighted by atomic mass is 10.1. The topological polar surface area (TPSA) is 69.7 Å². The molecule has 0 aromatic heterocycles. The second-order valence-corrected chi connectivity index (χ2v) is 10.2. The molecule has 0 spiro atoms. The molecule has 0 saturated carbocycles. The highest BCUT2D eigenvalue weighted by Crippen LogP contribution is 2.31. The van der Waals surface area contributed by atoms with Crippen molar-refractivity contribution in [3.8, 4) is 0 Å². The van der Waals surface area contributed by atoms with Crippen molar-refractivity contribution in [2.75, 3.05) is 30.4 Å². The van der Waals surface area contributed by atoms with Crippen LogP contribution in [0.2, 0.25) is 5.02 Å². The molecule has 1 aliphatic heterocycles. The first-order valence-corrected chi connectivity index (χ1v) is 12.0. The van der Waals surface area contributed by atoms with Gasteiger partial charge in [-0.2, -0.15) is 4.31 Å². The van der Waals surface area contributed by atoms with Crippen molar-refractivity contribution in [1.82, 2.24) is 4.31 Å². The summed E-state index contributed by atoms with van der Waals surface area (Å²) < 4.78 is 26.7. The van der Waals surface area contributed by atoms with E-state index in [0.29, 0.717) is 10.7 Å². The Kier molecular flexibility index (Phi) is 7.06. The van der Waals surface area contributed by atoms with Gasteiger partial charge in [-0.05, 0) is 69.5 Å². The van der Waals surface area contributed by atoms with Gasteiger partial charge in [-0.1, -0.05) is 17.7 Å². The Morgan fingerprint density at radius 3 is 2.43 bits per heavy atom. The molecule has 30 heavy (non-hydrogen) atoms. The number of halogens is 1. The lowest BCUT2D eigenvalue weighted by Crippen LogP contribution is -2.33. The van der Waals surface area contributed by atoms with Gasteiger partial charge in [0.1, 0.15) is 0 Å². The molecule has 0 atom stereocenters. The summed E-state index contributed by atoms with van der Waals surface area (Å²) in [6.45, 7) is 5.56. The summed E-state index contributed by atoms with van der Waals surface area (Å²) in [7, 11) is -2.14. The van der Waals surface area contributed by atoms with Crippen LogP contribution < -0.4 is 10.2 Å². The number of hydrogen-bond donors (Lipinski definition) is 1. The third-order valence-corrected chi connectivity index (χ3v) is 7.74. The number of carbonyl (C=O) groups excluding carboxylic acids is 1. The van der Waals surface area contributed by atoms with Gasteiger partial charge in [-0.15, -0.1) is 0 Å². The first kappa shape index (κ1) is 22.6. The zero-order valence-electron chi connectivity index (χ0n) is 17.6. The van der Waals surface area contributed by atoms with E-state index in [1.54, 1.807) is 32.0 Å². The Morgan fingerprint density at radius 2 is 1.80 bits per heavy atom. The number of carbonyl (C=O) groups is 1. The van der Waals surface area contributed by atoms with Crippen LogP contribution in [0.3, 0.4) is 0 Å². The largest absolute Gasteiger partial charge is 0.370 e. The van der Waals surface area contributed by atoms with Crippen LogP contribution in [0, 0.1) is 0 Å². The van der Waals surface area contributed by atoms with E-state index in [9.17, 15) is 13.2 Å². The molecule has 2 aromatic rings. The summed E-state index contributed by atoms with van der Waals surface area (Å²) in [5, 5.41) is 3.40. The van der Waals surface area contributed by atoms with Crippen molar-refractivity contribution >= 4 is 38.9 Å². The number of piperidine rings is 1. The molecule has 0 aliphatic carbocycles. The summed E-state index contributed by atoms with van der Waals surface area (Å²) in [5.41, 5.74) is 1.81. The molecule has 1 N–H and O–H groups in total. The number of sulfonamides is 1. The number of nitrogens with one attached hydrogen (secondary N) is 1. The SMILES string of the molecule is CC(C)N(C)S(=O)(=O)c1cccc(C(=O)Nc2ccc(N3CCCCC3)c(Cl)c2)c1. The van der Waals surface area contributed by atoms with Crippen molar-refractivity contribution in [3.63, 3.8) is 0 Å². The summed E-state index contributed by atoms with van der Waals surface area (Å²) >= 11 is 6.46. The average Bonchev–Trinajstić information content (AvgIpc) is 2.74. The van der Waals surface area contributed by atoms with Crippen molar-refractivity contribution in [1.29, 1.82) is 0 Å². The van der Waals surface area contributed by atoms with Crippen LogP contribution in [0.1, 0.15) is 43.5 Å². The number of benzene rings is 2. The first-order chi connectivity index (χ1) is 14.2. The smallest absolute Gasteiger partial charge is 0.255 e. The molecule has 0 radical (unpaired) electrons. The van der Waals surface area contributed by atoms with E-state index in [0.717, 1.165) is 31.6 Å². The maximum atomic E-state index is 12.7. The van der Waals surface area contributed by atoms with Crippen LogP contribution in [-0.4, -0.2) is 44.8 Å². The van der Waals surface area contributed by atoms with E-state index >= 15 is 0 Å². The van der Waals surface area contributed by atoms with Crippen LogP contribution in [0.5, 0.6) is 0 Å². The van der Waals surface area contributed by atoms with E-state index < -0.39 is 10.0 Å². The van der Waals surface area contributed by atoms with Crippen LogP contribution >= 0.6 is 11.6 Å². The number of nitrogens with zero attached hydrogens (tertiary/aromatic N) is 2. The number of hydrogen-bond acceptors (Lipinski definition) is 4. The predicted molar refractivity (Wildman–Crippen MR) is 122 cm³/mol. The van der Waals surface area contributed by atoms with E-state index in [1.165, 1.54) is 29.9 Å². The van der Waals surface area contributed by atoms with Gasteiger partial charge in [0, 0.05) is 37.4 Å². The summed E-state index contributed by atoms with van der Waals surface area (Å²) in [6, 6.07) is 11.3. The minimum Gasteiger partial charge on any atom is -0.370 e. The van der Waals surface area contributed by atoms with Gasteiger partial charge < -0.3 is 10.2 Å². The second-order valence-electron chi connectivity index (χ2n) is 7.81. The Balaban J connectivity index is 1.77. The average molecular weight is 450 g/mol. The summed E-state index contributed by atoms with van der Waals surface area (Å²) in [6.07, 6.45) is 3.55. The van der Waals surface area contributed by atoms with Gasteiger partial charge in [-0.25, -0.2) is 8.42 Å². The standard InChI is InChI=1S/C22H28ClN3O3S/c1-16(2)25(3)30(28,29)19-9-7-8-17(14-19)22(27)24-18-10-11-21(20(23)15-18)26-12-5-4-6-13-26/h7-11,14-16H,4-6,12-13H2,1-3H3,(H,24,27). The molecule has 6 nitrogen and oxygen atoms in total. The molecule has 1 fully saturated rings. The molecular weight excluding hydrogens is 422 g/mol. The number of anilines is 2. The minimum absolute atomic E-state index is 0.0878. The quantitative estimate of drug-likeness (QED) is 0.699. The van der Waals surface area contributed by atoms with Gasteiger partial charge >= 0.3 is 0 Å². The van der Waals surface area contributed by atoms with Crippen LogP contribution in [0.4, 0.5) is 11.4 Å². The molecule has 1 heterocycles. The minimum atomic E-state index is -3.67. The molecular formula is C22H28ClN3O3S. The monoisotopic (exact) mass is 449 g/mol. The fourth-order valence-electron chi connectivity index (χ4n) is 3.42. The summed E-state index contributed by atoms with van der Waals surface area (Å²) in [5.74, 6) is -0.388. The Bertz CT molecular complexity index is 1020. The molecule has 1 aliphatic rings. The second kappa shape index (κ2) is 9.37. The van der Waals surface area contributed by atoms with Crippen LogP contribution in [0.15, 0.2) is 47.4 Å². The number of rotatable bonds is 6. The van der Waals surface area contributed by atoms with Gasteiger partial charge in [-0.3, -0.25) is 4.79 Å². The third-order valence-electron chi connectivity index (χ3n) is 5.40. The Morgan fingerprint density at radius 1 is 1.10 bits per heavy atom. The highest BCUT2D eigenvalue weighted by molar-refractivity contribution is 7.89. The van der Waals surface area contributed by atoms with Crippen LogP contribution in [-0.2, 0) is 10.0 Å². The van der Waals surface area contributed by atoms with Gasteiger partial charge in [0.25, 0.3) is 5.91 Å².